The molecule has 0 radical (unpaired) electrons. The average molecular weight is 366 g/mol. The first-order valence-electron chi connectivity index (χ1n) is 10.0. The van der Waals surface area contributed by atoms with Gasteiger partial charge in [0.15, 0.2) is 0 Å². The Bertz CT molecular complexity index is 908. The molecule has 3 aliphatic rings. The highest BCUT2D eigenvalue weighted by molar-refractivity contribution is 6.05. The molecule has 1 N–H and O–H groups in total. The van der Waals surface area contributed by atoms with Crippen molar-refractivity contribution >= 4 is 22.8 Å². The number of piperidine rings is 1. The Morgan fingerprint density at radius 1 is 1.11 bits per heavy atom. The molecule has 4 heterocycles. The summed E-state index contributed by atoms with van der Waals surface area (Å²) < 4.78 is 0. The van der Waals surface area contributed by atoms with Gasteiger partial charge < -0.3 is 14.8 Å². The van der Waals surface area contributed by atoms with Gasteiger partial charge >= 0.3 is 0 Å². The molecule has 2 amide bonds. The smallest absolute Gasteiger partial charge is 0.256 e. The molecule has 2 aliphatic heterocycles. The lowest BCUT2D eigenvalue weighted by molar-refractivity contribution is -0.161. The number of H-pyrrole nitrogens is 1. The lowest BCUT2D eigenvalue weighted by Crippen LogP contribution is -2.67. The fourth-order valence-electron chi connectivity index (χ4n) is 5.15. The second-order valence-electron chi connectivity index (χ2n) is 9.01. The van der Waals surface area contributed by atoms with Crippen molar-refractivity contribution < 1.29 is 9.59 Å². The predicted molar refractivity (Wildman–Crippen MR) is 102 cm³/mol. The minimum absolute atomic E-state index is 0.0732. The molecule has 6 nitrogen and oxygen atoms in total. The van der Waals surface area contributed by atoms with Crippen molar-refractivity contribution in [1.82, 2.24) is 19.8 Å². The third-order valence-electron chi connectivity index (χ3n) is 6.94. The van der Waals surface area contributed by atoms with Crippen LogP contribution in [0.1, 0.15) is 49.4 Å². The van der Waals surface area contributed by atoms with Gasteiger partial charge in [0.1, 0.15) is 5.65 Å². The monoisotopic (exact) mass is 366 g/mol. The van der Waals surface area contributed by atoms with E-state index < -0.39 is 0 Å². The van der Waals surface area contributed by atoms with Crippen molar-refractivity contribution in [1.29, 1.82) is 0 Å². The van der Waals surface area contributed by atoms with Gasteiger partial charge in [-0.05, 0) is 37.8 Å². The van der Waals surface area contributed by atoms with Gasteiger partial charge in [0.05, 0.1) is 5.56 Å². The first-order chi connectivity index (χ1) is 13.0. The van der Waals surface area contributed by atoms with Crippen LogP contribution in [0.3, 0.4) is 0 Å². The standard InChI is InChI=1S/C21H26N4O2/c1-20(6-3-7-20)19(27)25-13-21(14-25)8-4-10-24(12-21)18(26)16-11-23-17-15(16)5-2-9-22-17/h2,5,9,11H,3-4,6-8,10,12-14H2,1H3,(H,22,23). The number of carbonyl (C=O) groups is 2. The highest BCUT2D eigenvalue weighted by Gasteiger charge is 2.52. The van der Waals surface area contributed by atoms with Gasteiger partial charge in [-0.3, -0.25) is 9.59 Å². The topological polar surface area (TPSA) is 69.3 Å². The number of aromatic nitrogens is 2. The fraction of sp³-hybridized carbons (Fsp3) is 0.571. The third-order valence-corrected chi connectivity index (χ3v) is 6.94. The van der Waals surface area contributed by atoms with E-state index in [9.17, 15) is 9.59 Å². The fourth-order valence-corrected chi connectivity index (χ4v) is 5.15. The van der Waals surface area contributed by atoms with E-state index in [-0.39, 0.29) is 16.7 Å². The largest absolute Gasteiger partial charge is 0.345 e. The van der Waals surface area contributed by atoms with Crippen LogP contribution in [-0.2, 0) is 4.79 Å². The molecule has 3 fully saturated rings. The van der Waals surface area contributed by atoms with E-state index in [2.05, 4.69) is 16.9 Å². The van der Waals surface area contributed by atoms with Crippen molar-refractivity contribution in [3.05, 3.63) is 30.1 Å². The number of pyridine rings is 1. The summed E-state index contributed by atoms with van der Waals surface area (Å²) in [4.78, 5) is 37.3. The highest BCUT2D eigenvalue weighted by Crippen LogP contribution is 2.46. The maximum atomic E-state index is 13.1. The third kappa shape index (κ3) is 2.57. The molecule has 6 heteroatoms. The molecule has 142 valence electrons. The zero-order valence-electron chi connectivity index (χ0n) is 15.8. The Kier molecular flexibility index (Phi) is 3.61. The molecule has 2 saturated heterocycles. The van der Waals surface area contributed by atoms with Gasteiger partial charge in [-0.15, -0.1) is 0 Å². The molecule has 0 bridgehead atoms. The molecule has 2 aromatic rings. The van der Waals surface area contributed by atoms with Gasteiger partial charge in [-0.2, -0.15) is 0 Å². The van der Waals surface area contributed by atoms with E-state index in [0.717, 1.165) is 62.9 Å². The van der Waals surface area contributed by atoms with Crippen LogP contribution in [0, 0.1) is 10.8 Å². The molecular weight excluding hydrogens is 340 g/mol. The number of hydrogen-bond acceptors (Lipinski definition) is 3. The van der Waals surface area contributed by atoms with Gasteiger partial charge in [0.2, 0.25) is 5.91 Å². The van der Waals surface area contributed by atoms with Crippen LogP contribution in [0.15, 0.2) is 24.5 Å². The quantitative estimate of drug-likeness (QED) is 0.889. The number of hydrogen-bond donors (Lipinski definition) is 1. The van der Waals surface area contributed by atoms with Crippen LogP contribution in [0.25, 0.3) is 11.0 Å². The number of nitrogens with zero attached hydrogens (tertiary/aromatic N) is 3. The molecule has 5 rings (SSSR count). The summed E-state index contributed by atoms with van der Waals surface area (Å²) >= 11 is 0. The highest BCUT2D eigenvalue weighted by atomic mass is 16.2. The maximum Gasteiger partial charge on any atom is 0.256 e. The van der Waals surface area contributed by atoms with Crippen LogP contribution >= 0.6 is 0 Å². The van der Waals surface area contributed by atoms with Crippen LogP contribution in [0.2, 0.25) is 0 Å². The summed E-state index contributed by atoms with van der Waals surface area (Å²) in [5, 5.41) is 0.880. The number of rotatable bonds is 2. The Hall–Kier alpha value is -2.37. The molecular formula is C21H26N4O2. The van der Waals surface area contributed by atoms with Crippen molar-refractivity contribution in [3.8, 4) is 0 Å². The minimum Gasteiger partial charge on any atom is -0.345 e. The average Bonchev–Trinajstić information content (AvgIpc) is 3.07. The molecule has 0 atom stereocenters. The van der Waals surface area contributed by atoms with Crippen LogP contribution in [0.4, 0.5) is 0 Å². The Morgan fingerprint density at radius 2 is 1.89 bits per heavy atom. The molecule has 1 aliphatic carbocycles. The van der Waals surface area contributed by atoms with Gasteiger partial charge in [-0.25, -0.2) is 4.98 Å². The lowest BCUT2D eigenvalue weighted by atomic mass is 9.66. The molecule has 27 heavy (non-hydrogen) atoms. The normalized spacial score (nSPS) is 23.1. The van der Waals surface area contributed by atoms with Gasteiger partial charge in [0, 0.05) is 54.8 Å². The van der Waals surface area contributed by atoms with E-state index in [1.54, 1.807) is 12.4 Å². The Morgan fingerprint density at radius 3 is 2.63 bits per heavy atom. The zero-order chi connectivity index (χ0) is 18.6. The van der Waals surface area contributed by atoms with Crippen molar-refractivity contribution in [2.24, 2.45) is 10.8 Å². The number of nitrogens with one attached hydrogen (secondary N) is 1. The Labute approximate surface area is 158 Å². The van der Waals surface area contributed by atoms with Gasteiger partial charge in [-0.1, -0.05) is 13.3 Å². The van der Waals surface area contributed by atoms with E-state index in [1.165, 1.54) is 6.42 Å². The molecule has 1 saturated carbocycles. The second kappa shape index (κ2) is 5.81. The van der Waals surface area contributed by atoms with Crippen molar-refractivity contribution in [3.63, 3.8) is 0 Å². The summed E-state index contributed by atoms with van der Waals surface area (Å²) in [7, 11) is 0. The predicted octanol–water partition coefficient (Wildman–Crippen LogP) is 2.82. The van der Waals surface area contributed by atoms with Crippen LogP contribution < -0.4 is 0 Å². The van der Waals surface area contributed by atoms with Crippen molar-refractivity contribution in [2.75, 3.05) is 26.2 Å². The summed E-state index contributed by atoms with van der Waals surface area (Å²) in [5.41, 5.74) is 1.42. The number of fused-ring (bicyclic) bond motifs is 1. The van der Waals surface area contributed by atoms with Crippen molar-refractivity contribution in [2.45, 2.75) is 39.0 Å². The molecule has 0 unspecified atom stereocenters. The summed E-state index contributed by atoms with van der Waals surface area (Å²) in [6.45, 7) is 5.26. The molecule has 0 aromatic carbocycles. The first kappa shape index (κ1) is 16.8. The maximum absolute atomic E-state index is 13.1. The van der Waals surface area contributed by atoms with Crippen LogP contribution in [-0.4, -0.2) is 57.8 Å². The SMILES string of the molecule is CC1(C(=O)N2CC3(CCCN(C(=O)c4c[nH]c5ncccc45)C3)C2)CCC1. The summed E-state index contributed by atoms with van der Waals surface area (Å²) in [6.07, 6.45) is 8.82. The molecule has 1 spiro atoms. The summed E-state index contributed by atoms with van der Waals surface area (Å²) in [5.74, 6) is 0.398. The van der Waals surface area contributed by atoms with Crippen LogP contribution in [0.5, 0.6) is 0 Å². The molecule has 2 aromatic heterocycles. The number of aromatic amines is 1. The minimum atomic E-state index is -0.122. The number of carbonyl (C=O) groups excluding carboxylic acids is 2. The van der Waals surface area contributed by atoms with E-state index in [1.807, 2.05) is 21.9 Å². The second-order valence-corrected chi connectivity index (χ2v) is 9.01. The van der Waals surface area contributed by atoms with E-state index >= 15 is 0 Å². The summed E-state index contributed by atoms with van der Waals surface area (Å²) in [6, 6.07) is 3.80. The Balaban J connectivity index is 1.29. The first-order valence-corrected chi connectivity index (χ1v) is 10.0. The number of amides is 2. The zero-order valence-corrected chi connectivity index (χ0v) is 15.8. The number of likely N-dealkylation sites (tertiary alicyclic amines) is 2. The van der Waals surface area contributed by atoms with E-state index in [0.29, 0.717) is 11.5 Å². The van der Waals surface area contributed by atoms with E-state index in [4.69, 9.17) is 0 Å². The lowest BCUT2D eigenvalue weighted by Gasteiger charge is -2.57. The van der Waals surface area contributed by atoms with Gasteiger partial charge in [0.25, 0.3) is 5.91 Å².